The van der Waals surface area contributed by atoms with Crippen molar-refractivity contribution < 1.29 is 4.79 Å². The Bertz CT molecular complexity index is 296. The van der Waals surface area contributed by atoms with Gasteiger partial charge in [-0.15, -0.1) is 0 Å². The zero-order valence-electron chi connectivity index (χ0n) is 8.66. The van der Waals surface area contributed by atoms with E-state index in [9.17, 15) is 4.79 Å². The van der Waals surface area contributed by atoms with Gasteiger partial charge in [-0.2, -0.15) is 0 Å². The second kappa shape index (κ2) is 6.59. The quantitative estimate of drug-likeness (QED) is 0.804. The second-order valence-corrected chi connectivity index (χ2v) is 4.10. The minimum Gasteiger partial charge on any atom is -0.328 e. The molecular weight excluding hydrogens is 210 g/mol. The van der Waals surface area contributed by atoms with Crippen molar-refractivity contribution in [3.05, 3.63) is 35.9 Å². The summed E-state index contributed by atoms with van der Waals surface area (Å²) in [4.78, 5) is 10.4. The molecule has 0 amide bonds. The van der Waals surface area contributed by atoms with Crippen molar-refractivity contribution >= 4 is 16.8 Å². The Kier molecular flexibility index (Phi) is 5.37. The van der Waals surface area contributed by atoms with Crippen LogP contribution in [0.15, 0.2) is 30.3 Å². The molecule has 15 heavy (non-hydrogen) atoms. The van der Waals surface area contributed by atoms with Gasteiger partial charge in [0.2, 0.25) is 5.24 Å². The molecule has 1 aromatic rings. The zero-order valence-corrected chi connectivity index (χ0v) is 9.41. The first kappa shape index (κ1) is 12.2. The maximum absolute atomic E-state index is 10.4. The van der Waals surface area contributed by atoms with Crippen LogP contribution in [0.3, 0.4) is 0 Å². The smallest absolute Gasteiger partial charge is 0.221 e. The van der Waals surface area contributed by atoms with Gasteiger partial charge < -0.3 is 5.73 Å². The predicted molar refractivity (Wildman–Crippen MR) is 62.8 cm³/mol. The largest absolute Gasteiger partial charge is 0.328 e. The highest BCUT2D eigenvalue weighted by Gasteiger charge is 2.13. The maximum atomic E-state index is 10.4. The van der Waals surface area contributed by atoms with Gasteiger partial charge in [-0.05, 0) is 36.4 Å². The fourth-order valence-corrected chi connectivity index (χ4v) is 1.08. The van der Waals surface area contributed by atoms with Gasteiger partial charge in [0.05, 0.1) is 0 Å². The normalized spacial score (nSPS) is 14.0. The summed E-state index contributed by atoms with van der Waals surface area (Å²) in [6, 6.07) is 10.4. The fourth-order valence-electron chi connectivity index (χ4n) is 0.984. The van der Waals surface area contributed by atoms with Gasteiger partial charge in [0, 0.05) is 12.5 Å². The van der Waals surface area contributed by atoms with Crippen LogP contribution in [0.1, 0.15) is 24.8 Å². The van der Waals surface area contributed by atoms with Crippen LogP contribution in [-0.4, -0.2) is 11.3 Å². The molecule has 0 saturated heterocycles. The summed E-state index contributed by atoms with van der Waals surface area (Å²) >= 11 is 5.19. The van der Waals surface area contributed by atoms with Crippen LogP contribution in [0.4, 0.5) is 0 Å². The maximum Gasteiger partial charge on any atom is 0.221 e. The van der Waals surface area contributed by atoms with Gasteiger partial charge in [-0.25, -0.2) is 0 Å². The molecule has 0 bridgehead atoms. The van der Waals surface area contributed by atoms with Crippen molar-refractivity contribution in [3.63, 3.8) is 0 Å². The van der Waals surface area contributed by atoms with E-state index in [1.165, 1.54) is 12.8 Å². The summed E-state index contributed by atoms with van der Waals surface area (Å²) in [7, 11) is 0. The zero-order chi connectivity index (χ0) is 11.1. The van der Waals surface area contributed by atoms with Crippen molar-refractivity contribution in [2.45, 2.75) is 31.7 Å². The van der Waals surface area contributed by atoms with Gasteiger partial charge in [-0.1, -0.05) is 30.3 Å². The lowest BCUT2D eigenvalue weighted by molar-refractivity contribution is -0.111. The average Bonchev–Trinajstić information content (AvgIpc) is 3.00. The van der Waals surface area contributed by atoms with E-state index in [0.717, 1.165) is 12.0 Å². The van der Waals surface area contributed by atoms with E-state index in [4.69, 9.17) is 17.3 Å². The van der Waals surface area contributed by atoms with Crippen molar-refractivity contribution in [2.75, 3.05) is 0 Å². The molecule has 2 nitrogen and oxygen atoms in total. The molecule has 1 aliphatic carbocycles. The molecule has 1 saturated carbocycles. The van der Waals surface area contributed by atoms with Gasteiger partial charge in [0.1, 0.15) is 0 Å². The van der Waals surface area contributed by atoms with Gasteiger partial charge >= 0.3 is 0 Å². The lowest BCUT2D eigenvalue weighted by atomic mass is 10.1. The first-order valence-corrected chi connectivity index (χ1v) is 5.54. The van der Waals surface area contributed by atoms with Crippen LogP contribution >= 0.6 is 11.6 Å². The van der Waals surface area contributed by atoms with Crippen molar-refractivity contribution in [3.8, 4) is 0 Å². The van der Waals surface area contributed by atoms with Gasteiger partial charge in [0.25, 0.3) is 0 Å². The molecule has 1 fully saturated rings. The second-order valence-electron chi connectivity index (χ2n) is 3.68. The van der Waals surface area contributed by atoms with Gasteiger partial charge in [0.15, 0.2) is 0 Å². The molecule has 1 aromatic carbocycles. The third-order valence-corrected chi connectivity index (χ3v) is 2.26. The number of aryl methyl sites for hydroxylation is 1. The highest BCUT2D eigenvalue weighted by atomic mass is 35.5. The van der Waals surface area contributed by atoms with E-state index in [0.29, 0.717) is 12.5 Å². The van der Waals surface area contributed by atoms with E-state index in [1.54, 1.807) is 0 Å². The van der Waals surface area contributed by atoms with E-state index >= 15 is 0 Å². The van der Waals surface area contributed by atoms with Crippen molar-refractivity contribution in [1.82, 2.24) is 0 Å². The van der Waals surface area contributed by atoms with Gasteiger partial charge in [-0.3, -0.25) is 4.79 Å². The van der Waals surface area contributed by atoms with E-state index < -0.39 is 0 Å². The molecule has 3 heteroatoms. The summed E-state index contributed by atoms with van der Waals surface area (Å²) in [5.74, 6) is 0. The molecule has 2 rings (SSSR count). The van der Waals surface area contributed by atoms with Crippen molar-refractivity contribution in [2.24, 2.45) is 5.73 Å². The topological polar surface area (TPSA) is 43.1 Å². The minimum absolute atomic E-state index is 0.270. The molecule has 0 aliphatic heterocycles. The number of hydrogen-bond donors (Lipinski definition) is 1. The first-order valence-electron chi connectivity index (χ1n) is 5.16. The van der Waals surface area contributed by atoms with E-state index in [1.807, 2.05) is 30.3 Å². The summed E-state index contributed by atoms with van der Waals surface area (Å²) < 4.78 is 0. The SMILES string of the molecule is NC1CC1.O=C(Cl)CCc1ccccc1. The summed E-state index contributed by atoms with van der Waals surface area (Å²) in [6.07, 6.45) is 3.69. The number of hydrogen-bond acceptors (Lipinski definition) is 2. The molecule has 0 unspecified atom stereocenters. The van der Waals surface area contributed by atoms with Crippen LogP contribution in [-0.2, 0) is 11.2 Å². The Balaban J connectivity index is 0.000000234. The van der Waals surface area contributed by atoms with Crippen LogP contribution in [0.25, 0.3) is 0 Å². The van der Waals surface area contributed by atoms with Crippen LogP contribution in [0.2, 0.25) is 0 Å². The predicted octanol–water partition coefficient (Wildman–Crippen LogP) is 2.49. The number of carbonyl (C=O) groups excluding carboxylic acids is 1. The van der Waals surface area contributed by atoms with Crippen molar-refractivity contribution in [1.29, 1.82) is 0 Å². The molecule has 82 valence electrons. The Hall–Kier alpha value is -0.860. The summed E-state index contributed by atoms with van der Waals surface area (Å²) in [5, 5.41) is -0.270. The average molecular weight is 226 g/mol. The molecular formula is C12H16ClNO. The van der Waals surface area contributed by atoms with E-state index in [-0.39, 0.29) is 5.24 Å². The third-order valence-electron chi connectivity index (χ3n) is 2.08. The third kappa shape index (κ3) is 7.11. The fraction of sp³-hybridized carbons (Fsp3) is 0.417. The van der Waals surface area contributed by atoms with Crippen LogP contribution in [0, 0.1) is 0 Å². The highest BCUT2D eigenvalue weighted by Crippen LogP contribution is 2.13. The molecule has 0 heterocycles. The summed E-state index contributed by atoms with van der Waals surface area (Å²) in [6.45, 7) is 0. The first-order chi connectivity index (χ1) is 7.18. The Morgan fingerprint density at radius 3 is 2.27 bits per heavy atom. The Morgan fingerprint density at radius 2 is 1.87 bits per heavy atom. The molecule has 0 spiro atoms. The molecule has 1 aliphatic rings. The Morgan fingerprint density at radius 1 is 1.33 bits per heavy atom. The molecule has 0 aromatic heterocycles. The number of rotatable bonds is 3. The van der Waals surface area contributed by atoms with Crippen LogP contribution < -0.4 is 5.73 Å². The minimum atomic E-state index is -0.270. The molecule has 0 atom stereocenters. The number of benzene rings is 1. The lowest BCUT2D eigenvalue weighted by Gasteiger charge is -1.95. The van der Waals surface area contributed by atoms with Crippen LogP contribution in [0.5, 0.6) is 0 Å². The molecule has 0 radical (unpaired) electrons. The number of halogens is 1. The number of carbonyl (C=O) groups is 1. The molecule has 2 N–H and O–H groups in total. The standard InChI is InChI=1S/C9H9ClO.C3H7N/c10-9(11)7-6-8-4-2-1-3-5-8;4-3-1-2-3/h1-5H,6-7H2;3H,1-2,4H2. The lowest BCUT2D eigenvalue weighted by Crippen LogP contribution is -1.94. The Labute approximate surface area is 95.4 Å². The number of nitrogens with two attached hydrogens (primary N) is 1. The van der Waals surface area contributed by atoms with E-state index in [2.05, 4.69) is 0 Å². The monoisotopic (exact) mass is 225 g/mol. The summed E-state index contributed by atoms with van der Waals surface area (Å²) in [5.41, 5.74) is 6.38. The highest BCUT2D eigenvalue weighted by molar-refractivity contribution is 6.63.